The molecule has 0 spiro atoms. The molecular formula is C12H20N2O2. The smallest absolute Gasteiger partial charge is 0.226 e. The number of hydrogen-bond acceptors (Lipinski definition) is 3. The maximum absolute atomic E-state index is 12.3. The summed E-state index contributed by atoms with van der Waals surface area (Å²) in [7, 11) is 0. The minimum Gasteiger partial charge on any atom is -0.381 e. The van der Waals surface area contributed by atoms with E-state index >= 15 is 0 Å². The summed E-state index contributed by atoms with van der Waals surface area (Å²) in [6, 6.07) is 0. The van der Waals surface area contributed by atoms with E-state index in [1.54, 1.807) is 0 Å². The van der Waals surface area contributed by atoms with Gasteiger partial charge in [-0.25, -0.2) is 0 Å². The van der Waals surface area contributed by atoms with E-state index in [1.165, 1.54) is 0 Å². The molecule has 0 aromatic heterocycles. The second kappa shape index (κ2) is 4.34. The molecule has 3 heterocycles. The van der Waals surface area contributed by atoms with Crippen LogP contribution in [0.2, 0.25) is 0 Å². The van der Waals surface area contributed by atoms with Crippen LogP contribution in [0.5, 0.6) is 0 Å². The Morgan fingerprint density at radius 3 is 2.62 bits per heavy atom. The first-order valence-electron chi connectivity index (χ1n) is 6.42. The van der Waals surface area contributed by atoms with Gasteiger partial charge in [0.1, 0.15) is 0 Å². The van der Waals surface area contributed by atoms with Gasteiger partial charge in [-0.2, -0.15) is 0 Å². The van der Waals surface area contributed by atoms with Crippen molar-refractivity contribution < 1.29 is 9.53 Å². The number of carbonyl (C=O) groups is 1. The summed E-state index contributed by atoms with van der Waals surface area (Å²) in [5.74, 6) is 1.83. The second-order valence-electron chi connectivity index (χ2n) is 5.34. The summed E-state index contributed by atoms with van der Waals surface area (Å²) in [6.45, 7) is 5.53. The van der Waals surface area contributed by atoms with Crippen LogP contribution < -0.4 is 5.32 Å². The molecule has 3 aliphatic rings. The van der Waals surface area contributed by atoms with Crippen molar-refractivity contribution in [1.29, 1.82) is 0 Å². The van der Waals surface area contributed by atoms with Gasteiger partial charge in [0.25, 0.3) is 0 Å². The Morgan fingerprint density at radius 2 is 2.00 bits per heavy atom. The van der Waals surface area contributed by atoms with Gasteiger partial charge in [0.05, 0.1) is 19.1 Å². The Bertz CT molecular complexity index is 264. The van der Waals surface area contributed by atoms with Crippen LogP contribution in [0.3, 0.4) is 0 Å². The van der Waals surface area contributed by atoms with Crippen molar-refractivity contribution in [2.24, 2.45) is 17.8 Å². The predicted molar refractivity (Wildman–Crippen MR) is 60.0 cm³/mol. The lowest BCUT2D eigenvalue weighted by Crippen LogP contribution is -2.42. The number of rotatable bonds is 1. The van der Waals surface area contributed by atoms with Crippen LogP contribution in [0.4, 0.5) is 0 Å². The topological polar surface area (TPSA) is 41.6 Å². The van der Waals surface area contributed by atoms with E-state index in [-0.39, 0.29) is 5.92 Å². The Kier molecular flexibility index (Phi) is 2.86. The van der Waals surface area contributed by atoms with Crippen molar-refractivity contribution in [3.8, 4) is 0 Å². The second-order valence-corrected chi connectivity index (χ2v) is 5.34. The van der Waals surface area contributed by atoms with Crippen LogP contribution in [-0.4, -0.2) is 50.2 Å². The van der Waals surface area contributed by atoms with Crippen molar-refractivity contribution in [2.45, 2.75) is 12.8 Å². The minimum atomic E-state index is 0.230. The summed E-state index contributed by atoms with van der Waals surface area (Å²) in [4.78, 5) is 14.4. The normalized spacial score (nSPS) is 38.8. The highest BCUT2D eigenvalue weighted by Crippen LogP contribution is 2.30. The molecule has 3 fully saturated rings. The quantitative estimate of drug-likeness (QED) is 0.686. The summed E-state index contributed by atoms with van der Waals surface area (Å²) in [6.07, 6.45) is 2.20. The first-order valence-corrected chi connectivity index (χ1v) is 6.42. The third-order valence-electron chi connectivity index (χ3n) is 4.20. The maximum Gasteiger partial charge on any atom is 0.226 e. The molecule has 0 aromatic carbocycles. The first kappa shape index (κ1) is 10.5. The minimum absolute atomic E-state index is 0.230. The first-order chi connectivity index (χ1) is 7.84. The number of hydrogen-bond donors (Lipinski definition) is 1. The summed E-state index contributed by atoms with van der Waals surface area (Å²) in [5, 5.41) is 3.32. The van der Waals surface area contributed by atoms with Gasteiger partial charge in [-0.1, -0.05) is 0 Å². The Hall–Kier alpha value is -0.610. The van der Waals surface area contributed by atoms with Crippen molar-refractivity contribution in [2.75, 3.05) is 39.4 Å². The monoisotopic (exact) mass is 224 g/mol. The van der Waals surface area contributed by atoms with Gasteiger partial charge in [0.15, 0.2) is 0 Å². The van der Waals surface area contributed by atoms with Gasteiger partial charge in [-0.05, 0) is 19.4 Å². The van der Waals surface area contributed by atoms with E-state index in [0.717, 1.165) is 52.2 Å². The van der Waals surface area contributed by atoms with Gasteiger partial charge in [-0.15, -0.1) is 0 Å². The molecule has 1 amide bonds. The summed E-state index contributed by atoms with van der Waals surface area (Å²) in [5.41, 5.74) is 0. The van der Waals surface area contributed by atoms with Crippen molar-refractivity contribution >= 4 is 5.91 Å². The third-order valence-corrected chi connectivity index (χ3v) is 4.20. The molecule has 4 nitrogen and oxygen atoms in total. The van der Waals surface area contributed by atoms with E-state index < -0.39 is 0 Å². The number of likely N-dealkylation sites (tertiary alicyclic amines) is 1. The Labute approximate surface area is 96.3 Å². The molecule has 3 atom stereocenters. The maximum atomic E-state index is 12.3. The number of nitrogens with one attached hydrogen (secondary N) is 1. The van der Waals surface area contributed by atoms with Crippen molar-refractivity contribution in [1.82, 2.24) is 10.2 Å². The molecule has 3 aliphatic heterocycles. The summed E-state index contributed by atoms with van der Waals surface area (Å²) >= 11 is 0. The van der Waals surface area contributed by atoms with E-state index in [4.69, 9.17) is 4.74 Å². The molecule has 0 aliphatic carbocycles. The highest BCUT2D eigenvalue weighted by molar-refractivity contribution is 5.79. The molecule has 0 radical (unpaired) electrons. The zero-order chi connectivity index (χ0) is 11.0. The fourth-order valence-electron chi connectivity index (χ4n) is 3.19. The lowest BCUT2D eigenvalue weighted by atomic mass is 9.98. The number of amides is 1. The highest BCUT2D eigenvalue weighted by atomic mass is 16.5. The lowest BCUT2D eigenvalue weighted by Gasteiger charge is -2.27. The average molecular weight is 224 g/mol. The standard InChI is InChI=1S/C12H20N2O2/c15-12(9-2-1-3-13-4-9)14-5-10-7-16-8-11(10)6-14/h9-11,13H,1-8H2/t9-,10+,11+/m1/s1. The van der Waals surface area contributed by atoms with E-state index in [2.05, 4.69) is 10.2 Å². The fourth-order valence-corrected chi connectivity index (χ4v) is 3.19. The van der Waals surface area contributed by atoms with E-state index in [1.807, 2.05) is 0 Å². The largest absolute Gasteiger partial charge is 0.381 e. The van der Waals surface area contributed by atoms with Crippen LogP contribution in [0, 0.1) is 17.8 Å². The zero-order valence-corrected chi connectivity index (χ0v) is 9.65. The van der Waals surface area contributed by atoms with Gasteiger partial charge in [0, 0.05) is 31.5 Å². The SMILES string of the molecule is O=C([C@@H]1CCCNC1)N1C[C@H]2COC[C@@H]2C1. The Balaban J connectivity index is 1.59. The molecule has 0 aromatic rings. The Morgan fingerprint density at radius 1 is 1.25 bits per heavy atom. The zero-order valence-electron chi connectivity index (χ0n) is 9.65. The van der Waals surface area contributed by atoms with Gasteiger partial charge in [0.2, 0.25) is 5.91 Å². The fraction of sp³-hybridized carbons (Fsp3) is 0.917. The third kappa shape index (κ3) is 1.84. The average Bonchev–Trinajstić information content (AvgIpc) is 2.89. The van der Waals surface area contributed by atoms with Gasteiger partial charge >= 0.3 is 0 Å². The molecule has 0 bridgehead atoms. The van der Waals surface area contributed by atoms with E-state index in [0.29, 0.717) is 17.7 Å². The van der Waals surface area contributed by atoms with Gasteiger partial charge in [-0.3, -0.25) is 4.79 Å². The number of carbonyl (C=O) groups excluding carboxylic acids is 1. The molecule has 0 saturated carbocycles. The van der Waals surface area contributed by atoms with Crippen molar-refractivity contribution in [3.63, 3.8) is 0 Å². The van der Waals surface area contributed by atoms with E-state index in [9.17, 15) is 4.79 Å². The predicted octanol–water partition coefficient (Wildman–Crippen LogP) is 0.0908. The summed E-state index contributed by atoms with van der Waals surface area (Å²) < 4.78 is 5.43. The number of ether oxygens (including phenoxy) is 1. The molecule has 90 valence electrons. The molecule has 1 N–H and O–H groups in total. The molecule has 3 saturated heterocycles. The lowest BCUT2D eigenvalue weighted by molar-refractivity contribution is -0.135. The van der Waals surface area contributed by atoms with Crippen LogP contribution in [0.15, 0.2) is 0 Å². The van der Waals surface area contributed by atoms with Crippen LogP contribution in [0.1, 0.15) is 12.8 Å². The molecule has 3 rings (SSSR count). The van der Waals surface area contributed by atoms with Crippen LogP contribution in [0.25, 0.3) is 0 Å². The van der Waals surface area contributed by atoms with Crippen molar-refractivity contribution in [3.05, 3.63) is 0 Å². The number of nitrogens with zero attached hydrogens (tertiary/aromatic N) is 1. The number of piperidine rings is 1. The molecular weight excluding hydrogens is 204 g/mol. The molecule has 16 heavy (non-hydrogen) atoms. The number of fused-ring (bicyclic) bond motifs is 1. The van der Waals surface area contributed by atoms with Gasteiger partial charge < -0.3 is 15.0 Å². The molecule has 0 unspecified atom stereocenters. The van der Waals surface area contributed by atoms with Crippen LogP contribution in [-0.2, 0) is 9.53 Å². The highest BCUT2D eigenvalue weighted by Gasteiger charge is 2.40. The van der Waals surface area contributed by atoms with Crippen LogP contribution >= 0.6 is 0 Å². The molecule has 4 heteroatoms.